The van der Waals surface area contributed by atoms with Crippen molar-refractivity contribution in [3.8, 4) is 0 Å². The molecule has 4 nitrogen and oxygen atoms in total. The second kappa shape index (κ2) is 7.16. The lowest BCUT2D eigenvalue weighted by molar-refractivity contribution is -0.134. The fraction of sp³-hybridized carbons (Fsp3) is 0.579. The van der Waals surface area contributed by atoms with Gasteiger partial charge in [0, 0.05) is 32.0 Å². The van der Waals surface area contributed by atoms with Gasteiger partial charge in [-0.05, 0) is 25.3 Å². The number of benzene rings is 1. The summed E-state index contributed by atoms with van der Waals surface area (Å²) in [4.78, 5) is 25.7. The van der Waals surface area contributed by atoms with Crippen molar-refractivity contribution >= 4 is 11.8 Å². The summed E-state index contributed by atoms with van der Waals surface area (Å²) in [5, 5.41) is 3.09. The third-order valence-electron chi connectivity index (χ3n) is 4.74. The summed E-state index contributed by atoms with van der Waals surface area (Å²) in [6, 6.07) is 8.41. The summed E-state index contributed by atoms with van der Waals surface area (Å²) in [7, 11) is 0. The van der Waals surface area contributed by atoms with Crippen LogP contribution in [0.5, 0.6) is 0 Å². The molecule has 2 rings (SSSR count). The summed E-state index contributed by atoms with van der Waals surface area (Å²) in [6.45, 7) is 9.86. The summed E-state index contributed by atoms with van der Waals surface area (Å²) in [5.74, 6) is 0.0419. The highest BCUT2D eigenvalue weighted by Gasteiger charge is 2.28. The van der Waals surface area contributed by atoms with Crippen LogP contribution in [0.15, 0.2) is 24.3 Å². The lowest BCUT2D eigenvalue weighted by Gasteiger charge is -2.32. The van der Waals surface area contributed by atoms with Gasteiger partial charge in [0.05, 0.1) is 5.92 Å². The maximum absolute atomic E-state index is 12.5. The van der Waals surface area contributed by atoms with Crippen molar-refractivity contribution in [1.29, 1.82) is 0 Å². The van der Waals surface area contributed by atoms with Crippen LogP contribution >= 0.6 is 0 Å². The minimum Gasteiger partial charge on any atom is -0.355 e. The van der Waals surface area contributed by atoms with Gasteiger partial charge in [-0.25, -0.2) is 0 Å². The van der Waals surface area contributed by atoms with E-state index < -0.39 is 0 Å². The van der Waals surface area contributed by atoms with E-state index in [1.807, 2.05) is 0 Å². The lowest BCUT2D eigenvalue weighted by Crippen LogP contribution is -2.46. The number of carbonyl (C=O) groups excluding carboxylic acids is 2. The third kappa shape index (κ3) is 4.57. The molecule has 1 atom stereocenters. The summed E-state index contributed by atoms with van der Waals surface area (Å²) >= 11 is 0. The van der Waals surface area contributed by atoms with E-state index in [1.54, 1.807) is 11.8 Å². The fourth-order valence-electron chi connectivity index (χ4n) is 3.10. The van der Waals surface area contributed by atoms with Crippen LogP contribution in [0, 0.1) is 12.8 Å². The molecule has 1 N–H and O–H groups in total. The van der Waals surface area contributed by atoms with Crippen molar-refractivity contribution in [3.63, 3.8) is 0 Å². The van der Waals surface area contributed by atoms with Crippen molar-refractivity contribution in [2.45, 2.75) is 46.0 Å². The Morgan fingerprint density at radius 3 is 2.74 bits per heavy atom. The first-order chi connectivity index (χ1) is 10.8. The number of rotatable bonds is 4. The minimum atomic E-state index is -0.114. The molecule has 1 fully saturated rings. The molecule has 1 aliphatic rings. The van der Waals surface area contributed by atoms with Crippen LogP contribution in [0.2, 0.25) is 0 Å². The number of likely N-dealkylation sites (tertiary alicyclic amines) is 1. The smallest absolute Gasteiger partial charge is 0.224 e. The number of hydrogen-bond acceptors (Lipinski definition) is 2. The maximum Gasteiger partial charge on any atom is 0.224 e. The first-order valence-electron chi connectivity index (χ1n) is 8.40. The van der Waals surface area contributed by atoms with E-state index in [9.17, 15) is 9.59 Å². The Hall–Kier alpha value is -1.84. The maximum atomic E-state index is 12.5. The molecule has 1 saturated heterocycles. The van der Waals surface area contributed by atoms with Gasteiger partial charge < -0.3 is 10.2 Å². The first kappa shape index (κ1) is 17.5. The molecule has 0 aromatic heterocycles. The van der Waals surface area contributed by atoms with Crippen LogP contribution in [-0.4, -0.2) is 36.3 Å². The van der Waals surface area contributed by atoms with E-state index in [-0.39, 0.29) is 23.1 Å². The second-order valence-electron chi connectivity index (χ2n) is 7.28. The number of nitrogens with one attached hydrogen (secondary N) is 1. The van der Waals surface area contributed by atoms with Crippen molar-refractivity contribution in [3.05, 3.63) is 35.4 Å². The van der Waals surface area contributed by atoms with Gasteiger partial charge in [0.15, 0.2) is 0 Å². The van der Waals surface area contributed by atoms with Crippen LogP contribution in [0.3, 0.4) is 0 Å². The summed E-state index contributed by atoms with van der Waals surface area (Å²) in [5.41, 5.74) is 2.34. The van der Waals surface area contributed by atoms with Gasteiger partial charge in [0.1, 0.15) is 0 Å². The Kier molecular flexibility index (Phi) is 5.45. The van der Waals surface area contributed by atoms with Crippen LogP contribution in [0.4, 0.5) is 0 Å². The molecule has 0 radical (unpaired) electrons. The number of carbonyl (C=O) groups is 2. The highest BCUT2D eigenvalue weighted by Crippen LogP contribution is 2.24. The largest absolute Gasteiger partial charge is 0.355 e. The quantitative estimate of drug-likeness (QED) is 0.928. The standard InChI is InChI=1S/C19H28N2O2/c1-14-7-5-9-17(11-14)19(3,4)13-20-18(23)16-8-6-10-21(12-16)15(2)22/h5,7,9,11,16H,6,8,10,12-13H2,1-4H3,(H,20,23)/t16-/m0/s1. The molecule has 2 amide bonds. The molecule has 4 heteroatoms. The predicted octanol–water partition coefficient (Wildman–Crippen LogP) is 2.65. The Labute approximate surface area is 139 Å². The number of nitrogens with zero attached hydrogens (tertiary/aromatic N) is 1. The highest BCUT2D eigenvalue weighted by atomic mass is 16.2. The van der Waals surface area contributed by atoms with Crippen LogP contribution in [-0.2, 0) is 15.0 Å². The predicted molar refractivity (Wildman–Crippen MR) is 92.2 cm³/mol. The van der Waals surface area contributed by atoms with Crippen LogP contribution < -0.4 is 5.32 Å². The average Bonchev–Trinajstić information content (AvgIpc) is 2.53. The third-order valence-corrected chi connectivity index (χ3v) is 4.74. The van der Waals surface area contributed by atoms with Gasteiger partial charge in [0.25, 0.3) is 0 Å². The molecule has 0 saturated carbocycles. The molecule has 126 valence electrons. The number of hydrogen-bond donors (Lipinski definition) is 1. The minimum absolute atomic E-state index is 0.0580. The van der Waals surface area contributed by atoms with E-state index in [4.69, 9.17) is 0 Å². The molecule has 1 aliphatic heterocycles. The van der Waals surface area contributed by atoms with Crippen molar-refractivity contribution in [2.75, 3.05) is 19.6 Å². The zero-order valence-electron chi connectivity index (χ0n) is 14.7. The molecule has 1 aromatic rings. The number of piperidine rings is 1. The van der Waals surface area contributed by atoms with Crippen LogP contribution in [0.25, 0.3) is 0 Å². The topological polar surface area (TPSA) is 49.4 Å². The summed E-state index contributed by atoms with van der Waals surface area (Å²) < 4.78 is 0. The molecule has 0 spiro atoms. The normalized spacial score (nSPS) is 18.6. The van der Waals surface area contributed by atoms with Gasteiger partial charge in [-0.15, -0.1) is 0 Å². The van der Waals surface area contributed by atoms with Gasteiger partial charge in [-0.2, -0.15) is 0 Å². The van der Waals surface area contributed by atoms with E-state index in [0.29, 0.717) is 13.1 Å². The second-order valence-corrected chi connectivity index (χ2v) is 7.28. The number of aryl methyl sites for hydroxylation is 1. The van der Waals surface area contributed by atoms with E-state index in [2.05, 4.69) is 50.4 Å². The Balaban J connectivity index is 1.94. The fourth-order valence-corrected chi connectivity index (χ4v) is 3.10. The first-order valence-corrected chi connectivity index (χ1v) is 8.40. The van der Waals surface area contributed by atoms with E-state index in [1.165, 1.54) is 11.1 Å². The van der Waals surface area contributed by atoms with Crippen molar-refractivity contribution < 1.29 is 9.59 Å². The summed E-state index contributed by atoms with van der Waals surface area (Å²) in [6.07, 6.45) is 1.76. The van der Waals surface area contributed by atoms with Crippen molar-refractivity contribution in [2.24, 2.45) is 5.92 Å². The molecule has 0 bridgehead atoms. The van der Waals surface area contributed by atoms with Gasteiger partial charge in [0.2, 0.25) is 11.8 Å². The van der Waals surface area contributed by atoms with Gasteiger partial charge >= 0.3 is 0 Å². The Morgan fingerprint density at radius 2 is 2.09 bits per heavy atom. The molecular weight excluding hydrogens is 288 g/mol. The molecule has 23 heavy (non-hydrogen) atoms. The number of amides is 2. The molecular formula is C19H28N2O2. The Morgan fingerprint density at radius 1 is 1.35 bits per heavy atom. The average molecular weight is 316 g/mol. The zero-order chi connectivity index (χ0) is 17.0. The van der Waals surface area contributed by atoms with Gasteiger partial charge in [-0.1, -0.05) is 43.7 Å². The van der Waals surface area contributed by atoms with E-state index >= 15 is 0 Å². The van der Waals surface area contributed by atoms with E-state index in [0.717, 1.165) is 19.4 Å². The monoisotopic (exact) mass is 316 g/mol. The molecule has 1 heterocycles. The SMILES string of the molecule is CC(=O)N1CCC[C@H](C(=O)NCC(C)(C)c2cccc(C)c2)C1. The van der Waals surface area contributed by atoms with Crippen LogP contribution in [0.1, 0.15) is 44.7 Å². The Bertz CT molecular complexity index is 580. The highest BCUT2D eigenvalue weighted by molar-refractivity contribution is 5.80. The molecule has 0 aliphatic carbocycles. The molecule has 0 unspecified atom stereocenters. The zero-order valence-corrected chi connectivity index (χ0v) is 14.7. The van der Waals surface area contributed by atoms with Crippen molar-refractivity contribution in [1.82, 2.24) is 10.2 Å². The lowest BCUT2D eigenvalue weighted by atomic mass is 9.83. The van der Waals surface area contributed by atoms with Gasteiger partial charge in [-0.3, -0.25) is 9.59 Å². The molecule has 1 aromatic carbocycles.